The summed E-state index contributed by atoms with van der Waals surface area (Å²) in [6.07, 6.45) is 3.97. The van der Waals surface area contributed by atoms with E-state index >= 15 is 0 Å². The highest BCUT2D eigenvalue weighted by molar-refractivity contribution is 5.66. The first-order chi connectivity index (χ1) is 4.77. The predicted molar refractivity (Wildman–Crippen MR) is 36.4 cm³/mol. The van der Waals surface area contributed by atoms with Gasteiger partial charge in [0.1, 0.15) is 6.10 Å². The molecule has 0 bridgehead atoms. The zero-order chi connectivity index (χ0) is 7.14. The van der Waals surface area contributed by atoms with Crippen molar-refractivity contribution < 1.29 is 9.53 Å². The summed E-state index contributed by atoms with van der Waals surface area (Å²) in [7, 11) is 0. The van der Waals surface area contributed by atoms with Crippen LogP contribution in [0.1, 0.15) is 26.2 Å². The summed E-state index contributed by atoms with van der Waals surface area (Å²) in [4.78, 5) is 10.5. The van der Waals surface area contributed by atoms with Crippen molar-refractivity contribution in [2.75, 3.05) is 0 Å². The minimum atomic E-state index is -0.113. The summed E-state index contributed by atoms with van der Waals surface area (Å²) >= 11 is 0. The average Bonchev–Trinajstić information content (AvgIpc) is 2.52. The van der Waals surface area contributed by atoms with E-state index in [0.717, 1.165) is 18.3 Å². The Morgan fingerprint density at radius 3 is 2.70 bits per heavy atom. The van der Waals surface area contributed by atoms with Crippen LogP contribution in [0.5, 0.6) is 0 Å². The van der Waals surface area contributed by atoms with Crippen molar-refractivity contribution in [3.05, 3.63) is 0 Å². The minimum absolute atomic E-state index is 0.113. The third kappa shape index (κ3) is 0.917. The van der Waals surface area contributed by atoms with Crippen molar-refractivity contribution in [1.82, 2.24) is 0 Å². The molecule has 10 heavy (non-hydrogen) atoms. The number of hydrogen-bond donors (Lipinski definition) is 0. The Morgan fingerprint density at radius 1 is 1.50 bits per heavy atom. The van der Waals surface area contributed by atoms with Gasteiger partial charge in [-0.25, -0.2) is 0 Å². The van der Waals surface area contributed by atoms with Gasteiger partial charge >= 0.3 is 5.97 Å². The first-order valence-electron chi connectivity index (χ1n) is 3.94. The highest BCUT2D eigenvalue weighted by Gasteiger charge is 2.49. The highest BCUT2D eigenvalue weighted by atomic mass is 16.5. The molecule has 0 radical (unpaired) electrons. The van der Waals surface area contributed by atoms with Gasteiger partial charge in [-0.2, -0.15) is 0 Å². The van der Waals surface area contributed by atoms with Crippen LogP contribution in [-0.2, 0) is 9.53 Å². The number of carbonyl (C=O) groups is 1. The molecule has 0 saturated heterocycles. The Labute approximate surface area is 60.6 Å². The normalized spacial score (nSPS) is 42.7. The zero-order valence-electron chi connectivity index (χ0n) is 6.17. The Balaban J connectivity index is 1.88. The molecule has 2 nitrogen and oxygen atoms in total. The van der Waals surface area contributed by atoms with Crippen LogP contribution in [0, 0.1) is 11.8 Å². The molecule has 2 heteroatoms. The molecule has 0 amide bonds. The van der Waals surface area contributed by atoms with E-state index in [2.05, 4.69) is 0 Å². The van der Waals surface area contributed by atoms with Gasteiger partial charge < -0.3 is 4.74 Å². The van der Waals surface area contributed by atoms with Crippen molar-refractivity contribution in [2.24, 2.45) is 11.8 Å². The minimum Gasteiger partial charge on any atom is -0.462 e. The van der Waals surface area contributed by atoms with Gasteiger partial charge in [-0.15, -0.1) is 0 Å². The monoisotopic (exact) mass is 140 g/mol. The maximum Gasteiger partial charge on any atom is 0.302 e. The molecule has 0 N–H and O–H groups in total. The lowest BCUT2D eigenvalue weighted by Crippen LogP contribution is -2.15. The molecule has 2 aliphatic carbocycles. The van der Waals surface area contributed by atoms with E-state index < -0.39 is 0 Å². The van der Waals surface area contributed by atoms with Crippen molar-refractivity contribution >= 4 is 5.97 Å². The van der Waals surface area contributed by atoms with E-state index in [1.54, 1.807) is 0 Å². The van der Waals surface area contributed by atoms with Crippen LogP contribution in [0.25, 0.3) is 0 Å². The molecule has 2 rings (SSSR count). The Morgan fingerprint density at radius 2 is 2.30 bits per heavy atom. The van der Waals surface area contributed by atoms with Crippen LogP contribution in [0.15, 0.2) is 0 Å². The van der Waals surface area contributed by atoms with E-state index in [1.807, 2.05) is 0 Å². The van der Waals surface area contributed by atoms with Gasteiger partial charge in [0.05, 0.1) is 0 Å². The second-order valence-corrected chi connectivity index (χ2v) is 3.38. The maximum absolute atomic E-state index is 10.5. The molecule has 0 unspecified atom stereocenters. The first-order valence-corrected chi connectivity index (χ1v) is 3.94. The van der Waals surface area contributed by atoms with Gasteiger partial charge in [0, 0.05) is 6.92 Å². The molecule has 0 spiro atoms. The fraction of sp³-hybridized carbons (Fsp3) is 0.875. The molecule has 0 aromatic heterocycles. The number of esters is 1. The molecule has 0 aliphatic heterocycles. The van der Waals surface area contributed by atoms with E-state index in [9.17, 15) is 4.79 Å². The molecule has 3 atom stereocenters. The fourth-order valence-electron chi connectivity index (χ4n) is 2.01. The molecule has 2 fully saturated rings. The second kappa shape index (κ2) is 1.97. The zero-order valence-corrected chi connectivity index (χ0v) is 6.17. The van der Waals surface area contributed by atoms with E-state index in [0.29, 0.717) is 0 Å². The first kappa shape index (κ1) is 6.20. The lowest BCUT2D eigenvalue weighted by atomic mass is 10.2. The summed E-state index contributed by atoms with van der Waals surface area (Å²) in [5.41, 5.74) is 0. The van der Waals surface area contributed by atoms with Gasteiger partial charge in [0.25, 0.3) is 0 Å². The third-order valence-electron chi connectivity index (χ3n) is 2.59. The predicted octanol–water partition coefficient (Wildman–Crippen LogP) is 1.35. The Kier molecular flexibility index (Phi) is 1.22. The van der Waals surface area contributed by atoms with Crippen LogP contribution >= 0.6 is 0 Å². The summed E-state index contributed by atoms with van der Waals surface area (Å²) in [6.45, 7) is 1.50. The van der Waals surface area contributed by atoms with E-state index in [1.165, 1.54) is 19.8 Å². The molecule has 2 aliphatic rings. The third-order valence-corrected chi connectivity index (χ3v) is 2.59. The van der Waals surface area contributed by atoms with Crippen molar-refractivity contribution in [1.29, 1.82) is 0 Å². The number of ether oxygens (including phenoxy) is 1. The lowest BCUT2D eigenvalue weighted by molar-refractivity contribution is -0.146. The van der Waals surface area contributed by atoms with Gasteiger partial charge in [-0.3, -0.25) is 4.79 Å². The molecule has 0 aromatic carbocycles. The quantitative estimate of drug-likeness (QED) is 0.514. The summed E-state index contributed by atoms with van der Waals surface area (Å²) < 4.78 is 5.13. The highest BCUT2D eigenvalue weighted by Crippen LogP contribution is 2.52. The average molecular weight is 140 g/mol. The van der Waals surface area contributed by atoms with Gasteiger partial charge in [-0.1, -0.05) is 0 Å². The van der Waals surface area contributed by atoms with Crippen LogP contribution in [0.2, 0.25) is 0 Å². The second-order valence-electron chi connectivity index (χ2n) is 3.38. The topological polar surface area (TPSA) is 26.3 Å². The Bertz CT molecular complexity index is 165. The largest absolute Gasteiger partial charge is 0.462 e. The smallest absolute Gasteiger partial charge is 0.302 e. The Hall–Kier alpha value is -0.530. The molecule has 56 valence electrons. The van der Waals surface area contributed by atoms with Crippen molar-refractivity contribution in [3.8, 4) is 0 Å². The molecular formula is C8H12O2. The van der Waals surface area contributed by atoms with E-state index in [-0.39, 0.29) is 12.1 Å². The van der Waals surface area contributed by atoms with Crippen LogP contribution in [-0.4, -0.2) is 12.1 Å². The van der Waals surface area contributed by atoms with Gasteiger partial charge in [0.2, 0.25) is 0 Å². The van der Waals surface area contributed by atoms with Crippen molar-refractivity contribution in [3.63, 3.8) is 0 Å². The number of rotatable bonds is 1. The molecule has 0 heterocycles. The SMILES string of the molecule is CC(=O)O[C@H]1CC[C@H]2C[C@H]21. The van der Waals surface area contributed by atoms with Crippen LogP contribution < -0.4 is 0 Å². The summed E-state index contributed by atoms with van der Waals surface area (Å²) in [5, 5.41) is 0. The number of fused-ring (bicyclic) bond motifs is 1. The van der Waals surface area contributed by atoms with Crippen LogP contribution in [0.3, 0.4) is 0 Å². The standard InChI is InChI=1S/C8H12O2/c1-5(9)10-8-3-2-6-4-7(6)8/h6-8H,2-4H2,1H3/t6-,7+,8-/m0/s1. The van der Waals surface area contributed by atoms with E-state index in [4.69, 9.17) is 4.74 Å². The van der Waals surface area contributed by atoms with Gasteiger partial charge in [0.15, 0.2) is 0 Å². The molecule has 0 aromatic rings. The van der Waals surface area contributed by atoms with Gasteiger partial charge in [-0.05, 0) is 31.1 Å². The summed E-state index contributed by atoms with van der Waals surface area (Å²) in [5.74, 6) is 1.53. The van der Waals surface area contributed by atoms with Crippen molar-refractivity contribution in [2.45, 2.75) is 32.3 Å². The van der Waals surface area contributed by atoms with Crippen LogP contribution in [0.4, 0.5) is 0 Å². The number of hydrogen-bond acceptors (Lipinski definition) is 2. The molecular weight excluding hydrogens is 128 g/mol. The fourth-order valence-corrected chi connectivity index (χ4v) is 2.01. The molecule has 2 saturated carbocycles. The maximum atomic E-state index is 10.5. The summed E-state index contributed by atoms with van der Waals surface area (Å²) in [6, 6.07) is 0. The number of carbonyl (C=O) groups excluding carboxylic acids is 1. The lowest BCUT2D eigenvalue weighted by Gasteiger charge is -2.10.